The summed E-state index contributed by atoms with van der Waals surface area (Å²) >= 11 is 0. The first-order valence-corrected chi connectivity index (χ1v) is 4.13. The van der Waals surface area contributed by atoms with Gasteiger partial charge in [0.25, 0.3) is 0 Å². The van der Waals surface area contributed by atoms with Crippen molar-refractivity contribution in [1.29, 1.82) is 5.26 Å². The van der Waals surface area contributed by atoms with E-state index in [4.69, 9.17) is 15.2 Å². The largest absolute Gasteiger partial charge is 0.490 e. The maximum absolute atomic E-state index is 10.6. The summed E-state index contributed by atoms with van der Waals surface area (Å²) in [5.41, 5.74) is 0.0365. The summed E-state index contributed by atoms with van der Waals surface area (Å²) in [4.78, 5) is 8.90. The summed E-state index contributed by atoms with van der Waals surface area (Å²) in [6.45, 7) is 0.865. The molecule has 4 nitrogen and oxygen atoms in total. The molecule has 0 bridgehead atoms. The summed E-state index contributed by atoms with van der Waals surface area (Å²) in [6, 6.07) is 2.29. The minimum atomic E-state index is -5.08. The average Bonchev–Trinajstić information content (AvgIpc) is 2.85. The van der Waals surface area contributed by atoms with Gasteiger partial charge < -0.3 is 10.4 Å². The van der Waals surface area contributed by atoms with Gasteiger partial charge in [-0.2, -0.15) is 18.4 Å². The van der Waals surface area contributed by atoms with Gasteiger partial charge in [-0.1, -0.05) is 0 Å². The molecule has 0 aliphatic heterocycles. The summed E-state index contributed by atoms with van der Waals surface area (Å²) < 4.78 is 31.7. The number of carboxylic acid groups (broad SMARTS) is 1. The molecular formula is C8H11F3N2O2. The standard InChI is InChI=1S/C6H10N2.C2HF3O2/c1-8-5-6(4-7)2-3-6;3-2(4,5)1(6)7/h8H,2-3,5H2,1H3;(H,6,7). The predicted molar refractivity (Wildman–Crippen MR) is 44.9 cm³/mol. The molecule has 1 aliphatic rings. The lowest BCUT2D eigenvalue weighted by Crippen LogP contribution is -2.21. The Hall–Kier alpha value is -1.29. The Morgan fingerprint density at radius 2 is 2.00 bits per heavy atom. The molecule has 2 N–H and O–H groups in total. The average molecular weight is 224 g/mol. The Kier molecular flexibility index (Phi) is 4.55. The lowest BCUT2D eigenvalue weighted by Gasteiger charge is -2.00. The van der Waals surface area contributed by atoms with E-state index in [9.17, 15) is 13.2 Å². The van der Waals surface area contributed by atoms with Gasteiger partial charge in [-0.05, 0) is 19.9 Å². The first-order valence-electron chi connectivity index (χ1n) is 4.13. The van der Waals surface area contributed by atoms with Crippen LogP contribution in [-0.4, -0.2) is 30.8 Å². The van der Waals surface area contributed by atoms with Crippen molar-refractivity contribution in [3.05, 3.63) is 0 Å². The molecule has 7 heteroatoms. The SMILES string of the molecule is CNCC1(C#N)CC1.O=C(O)C(F)(F)F. The molecule has 1 rings (SSSR count). The second-order valence-electron chi connectivity index (χ2n) is 3.23. The van der Waals surface area contributed by atoms with E-state index in [0.29, 0.717) is 0 Å². The van der Waals surface area contributed by atoms with E-state index in [-0.39, 0.29) is 5.41 Å². The molecule has 0 unspecified atom stereocenters. The summed E-state index contributed by atoms with van der Waals surface area (Å²) in [6.07, 6.45) is -2.91. The fourth-order valence-electron chi connectivity index (χ4n) is 0.817. The van der Waals surface area contributed by atoms with Crippen molar-refractivity contribution in [3.8, 4) is 6.07 Å². The molecule has 0 aromatic heterocycles. The van der Waals surface area contributed by atoms with Crippen LogP contribution in [0.15, 0.2) is 0 Å². The minimum absolute atomic E-state index is 0.0365. The van der Waals surface area contributed by atoms with E-state index in [1.807, 2.05) is 7.05 Å². The number of carboxylic acids is 1. The van der Waals surface area contributed by atoms with Gasteiger partial charge >= 0.3 is 12.1 Å². The summed E-state index contributed by atoms with van der Waals surface area (Å²) in [5.74, 6) is -2.76. The molecule has 1 saturated carbocycles. The zero-order valence-corrected chi connectivity index (χ0v) is 8.06. The molecule has 1 fully saturated rings. The fraction of sp³-hybridized carbons (Fsp3) is 0.750. The summed E-state index contributed by atoms with van der Waals surface area (Å²) in [7, 11) is 1.89. The highest BCUT2D eigenvalue weighted by molar-refractivity contribution is 5.73. The molecule has 0 saturated heterocycles. The van der Waals surface area contributed by atoms with Crippen LogP contribution >= 0.6 is 0 Å². The number of aliphatic carboxylic acids is 1. The van der Waals surface area contributed by atoms with E-state index >= 15 is 0 Å². The van der Waals surface area contributed by atoms with Crippen LogP contribution in [0.25, 0.3) is 0 Å². The van der Waals surface area contributed by atoms with Gasteiger partial charge in [0.05, 0.1) is 11.5 Å². The Bertz CT molecular complexity index is 266. The quantitative estimate of drug-likeness (QED) is 0.737. The Morgan fingerprint density at radius 3 is 2.07 bits per heavy atom. The molecular weight excluding hydrogens is 213 g/mol. The third-order valence-corrected chi connectivity index (χ3v) is 1.85. The van der Waals surface area contributed by atoms with Crippen molar-refractivity contribution in [2.75, 3.05) is 13.6 Å². The van der Waals surface area contributed by atoms with Gasteiger partial charge in [0.2, 0.25) is 0 Å². The minimum Gasteiger partial charge on any atom is -0.475 e. The highest BCUT2D eigenvalue weighted by Gasteiger charge is 2.42. The normalized spacial score (nSPS) is 17.0. The van der Waals surface area contributed by atoms with Crippen LogP contribution < -0.4 is 5.32 Å². The number of halogens is 3. The van der Waals surface area contributed by atoms with E-state index in [2.05, 4.69) is 11.4 Å². The van der Waals surface area contributed by atoms with Gasteiger partial charge in [0.1, 0.15) is 0 Å². The van der Waals surface area contributed by atoms with Gasteiger partial charge in [-0.3, -0.25) is 0 Å². The molecule has 0 spiro atoms. The zero-order chi connectivity index (χ0) is 12.1. The first-order chi connectivity index (χ1) is 6.77. The summed E-state index contributed by atoms with van der Waals surface area (Å²) in [5, 5.41) is 18.6. The molecule has 0 heterocycles. The third kappa shape index (κ3) is 5.22. The molecule has 0 aromatic carbocycles. The van der Waals surface area contributed by atoms with Crippen LogP contribution in [0.3, 0.4) is 0 Å². The molecule has 86 valence electrons. The Morgan fingerprint density at radius 1 is 1.60 bits per heavy atom. The molecule has 15 heavy (non-hydrogen) atoms. The van der Waals surface area contributed by atoms with Crippen molar-refractivity contribution in [2.24, 2.45) is 5.41 Å². The van der Waals surface area contributed by atoms with Crippen molar-refractivity contribution < 1.29 is 23.1 Å². The highest BCUT2D eigenvalue weighted by Crippen LogP contribution is 2.43. The number of alkyl halides is 3. The number of rotatable bonds is 2. The second kappa shape index (κ2) is 4.98. The fourth-order valence-corrected chi connectivity index (χ4v) is 0.817. The maximum atomic E-state index is 10.6. The maximum Gasteiger partial charge on any atom is 0.490 e. The molecule has 0 amide bonds. The third-order valence-electron chi connectivity index (χ3n) is 1.85. The van der Waals surface area contributed by atoms with Gasteiger partial charge in [0, 0.05) is 6.54 Å². The van der Waals surface area contributed by atoms with Crippen LogP contribution in [0.4, 0.5) is 13.2 Å². The van der Waals surface area contributed by atoms with Gasteiger partial charge in [-0.15, -0.1) is 0 Å². The van der Waals surface area contributed by atoms with Crippen LogP contribution in [0.2, 0.25) is 0 Å². The lowest BCUT2D eigenvalue weighted by molar-refractivity contribution is -0.192. The van der Waals surface area contributed by atoms with Gasteiger partial charge in [0.15, 0.2) is 0 Å². The van der Waals surface area contributed by atoms with E-state index < -0.39 is 12.1 Å². The molecule has 0 radical (unpaired) electrons. The highest BCUT2D eigenvalue weighted by atomic mass is 19.4. The number of hydrogen-bond acceptors (Lipinski definition) is 3. The van der Waals surface area contributed by atoms with E-state index in [0.717, 1.165) is 19.4 Å². The Labute approximate surface area is 84.7 Å². The van der Waals surface area contributed by atoms with Crippen molar-refractivity contribution in [2.45, 2.75) is 19.0 Å². The smallest absolute Gasteiger partial charge is 0.475 e. The first kappa shape index (κ1) is 13.7. The van der Waals surface area contributed by atoms with Crippen molar-refractivity contribution in [3.63, 3.8) is 0 Å². The molecule has 0 aromatic rings. The van der Waals surface area contributed by atoms with Crippen LogP contribution in [0.1, 0.15) is 12.8 Å². The van der Waals surface area contributed by atoms with Gasteiger partial charge in [-0.25, -0.2) is 4.79 Å². The van der Waals surface area contributed by atoms with Crippen LogP contribution in [-0.2, 0) is 4.79 Å². The van der Waals surface area contributed by atoms with Crippen molar-refractivity contribution in [1.82, 2.24) is 5.32 Å². The molecule has 0 atom stereocenters. The van der Waals surface area contributed by atoms with E-state index in [1.54, 1.807) is 0 Å². The van der Waals surface area contributed by atoms with Crippen LogP contribution in [0, 0.1) is 16.7 Å². The monoisotopic (exact) mass is 224 g/mol. The number of nitrogens with one attached hydrogen (secondary N) is 1. The Balaban J connectivity index is 0.000000265. The topological polar surface area (TPSA) is 73.1 Å². The number of carbonyl (C=O) groups is 1. The second-order valence-corrected chi connectivity index (χ2v) is 3.23. The van der Waals surface area contributed by atoms with E-state index in [1.165, 1.54) is 0 Å². The van der Waals surface area contributed by atoms with Crippen molar-refractivity contribution >= 4 is 5.97 Å². The number of nitrogens with zero attached hydrogens (tertiary/aromatic N) is 1. The lowest BCUT2D eigenvalue weighted by atomic mass is 10.1. The van der Waals surface area contributed by atoms with Crippen LogP contribution in [0.5, 0.6) is 0 Å². The zero-order valence-electron chi connectivity index (χ0n) is 8.06. The number of nitriles is 1. The predicted octanol–water partition coefficient (Wildman–Crippen LogP) is 1.14. The molecule has 1 aliphatic carbocycles. The number of hydrogen-bond donors (Lipinski definition) is 2.